The van der Waals surface area contributed by atoms with Crippen molar-refractivity contribution in [1.29, 1.82) is 0 Å². The Balaban J connectivity index is 1.66. The van der Waals surface area contributed by atoms with Crippen LogP contribution in [0.2, 0.25) is 0 Å². The van der Waals surface area contributed by atoms with Gasteiger partial charge in [0, 0.05) is 7.05 Å². The number of nitrogens with one attached hydrogen (secondary N) is 1. The average molecular weight is 341 g/mol. The first-order chi connectivity index (χ1) is 11.5. The summed E-state index contributed by atoms with van der Waals surface area (Å²) >= 11 is 0. The minimum absolute atomic E-state index is 0.323. The van der Waals surface area contributed by atoms with E-state index in [2.05, 4.69) is 9.71 Å². The number of anilines is 1. The third kappa shape index (κ3) is 2.67. The van der Waals surface area contributed by atoms with E-state index < -0.39 is 10.0 Å². The molecule has 1 N–H and O–H groups in total. The predicted molar refractivity (Wildman–Crippen MR) is 94.6 cm³/mol. The number of imidazole rings is 1. The predicted octanol–water partition coefficient (Wildman–Crippen LogP) is 3.25. The van der Waals surface area contributed by atoms with Crippen molar-refractivity contribution in [3.05, 3.63) is 53.9 Å². The molecule has 1 aromatic heterocycles. The first kappa shape index (κ1) is 15.2. The Morgan fingerprint density at radius 1 is 1.04 bits per heavy atom. The molecule has 1 aliphatic carbocycles. The molecule has 3 aromatic rings. The van der Waals surface area contributed by atoms with Crippen molar-refractivity contribution < 1.29 is 8.42 Å². The largest absolute Gasteiger partial charge is 0.334 e. The Kier molecular flexibility index (Phi) is 3.57. The van der Waals surface area contributed by atoms with Crippen LogP contribution < -0.4 is 4.72 Å². The van der Waals surface area contributed by atoms with Gasteiger partial charge in [0.15, 0.2) is 0 Å². The fourth-order valence-electron chi connectivity index (χ4n) is 3.29. The van der Waals surface area contributed by atoms with Gasteiger partial charge in [-0.2, -0.15) is 0 Å². The van der Waals surface area contributed by atoms with E-state index in [1.165, 1.54) is 12.0 Å². The lowest BCUT2D eigenvalue weighted by Crippen LogP contribution is -2.14. The molecule has 1 aliphatic rings. The zero-order valence-corrected chi connectivity index (χ0v) is 14.3. The van der Waals surface area contributed by atoms with E-state index in [0.29, 0.717) is 10.6 Å². The standard InChI is InChI=1S/C18H19N3O2S/c1-21-12-19-17-11-15(7-9-18(17)21)20-24(22,23)16-8-6-13-4-2-3-5-14(13)10-16/h6-12,20H,2-5H2,1H3. The van der Waals surface area contributed by atoms with Gasteiger partial charge in [-0.25, -0.2) is 13.4 Å². The van der Waals surface area contributed by atoms with Crippen LogP contribution in [0.15, 0.2) is 47.6 Å². The van der Waals surface area contributed by atoms with Gasteiger partial charge in [0.2, 0.25) is 0 Å². The van der Waals surface area contributed by atoms with Crippen LogP contribution in [0.4, 0.5) is 5.69 Å². The van der Waals surface area contributed by atoms with E-state index in [9.17, 15) is 8.42 Å². The van der Waals surface area contributed by atoms with E-state index in [1.54, 1.807) is 24.5 Å². The molecule has 6 heteroatoms. The molecule has 0 aliphatic heterocycles. The molecular weight excluding hydrogens is 322 g/mol. The van der Waals surface area contributed by atoms with Gasteiger partial charge in [-0.15, -0.1) is 0 Å². The van der Waals surface area contributed by atoms with Crippen LogP contribution in [0.5, 0.6) is 0 Å². The Labute approximate surface area is 141 Å². The molecule has 0 bridgehead atoms. The normalized spacial score (nSPS) is 14.5. The smallest absolute Gasteiger partial charge is 0.261 e. The average Bonchev–Trinajstić information content (AvgIpc) is 2.94. The highest BCUT2D eigenvalue weighted by atomic mass is 32.2. The quantitative estimate of drug-likeness (QED) is 0.795. The van der Waals surface area contributed by atoms with Gasteiger partial charge in [0.1, 0.15) is 0 Å². The summed E-state index contributed by atoms with van der Waals surface area (Å²) in [6, 6.07) is 10.9. The second-order valence-electron chi connectivity index (χ2n) is 6.30. The van der Waals surface area contributed by atoms with Crippen molar-refractivity contribution in [2.45, 2.75) is 30.6 Å². The highest BCUT2D eigenvalue weighted by Gasteiger charge is 2.18. The molecule has 24 heavy (non-hydrogen) atoms. The van der Waals surface area contributed by atoms with Gasteiger partial charge < -0.3 is 4.57 Å². The van der Waals surface area contributed by atoms with Crippen molar-refractivity contribution in [2.24, 2.45) is 7.05 Å². The van der Waals surface area contributed by atoms with Crippen molar-refractivity contribution >= 4 is 26.7 Å². The maximum atomic E-state index is 12.7. The highest BCUT2D eigenvalue weighted by Crippen LogP contribution is 2.26. The molecule has 0 fully saturated rings. The highest BCUT2D eigenvalue weighted by molar-refractivity contribution is 7.92. The van der Waals surface area contributed by atoms with E-state index in [1.807, 2.05) is 29.8 Å². The number of aromatic nitrogens is 2. The molecule has 0 radical (unpaired) electrons. The molecular formula is C18H19N3O2S. The molecule has 0 spiro atoms. The lowest BCUT2D eigenvalue weighted by molar-refractivity contribution is 0.600. The fraction of sp³-hybridized carbons (Fsp3) is 0.278. The third-order valence-electron chi connectivity index (χ3n) is 4.61. The van der Waals surface area contributed by atoms with Gasteiger partial charge in [-0.1, -0.05) is 6.07 Å². The Morgan fingerprint density at radius 2 is 1.83 bits per heavy atom. The minimum Gasteiger partial charge on any atom is -0.334 e. The van der Waals surface area contributed by atoms with Crippen LogP contribution in [0.25, 0.3) is 11.0 Å². The Bertz CT molecular complexity index is 1020. The zero-order chi connectivity index (χ0) is 16.7. The molecule has 1 heterocycles. The third-order valence-corrected chi connectivity index (χ3v) is 5.99. The van der Waals surface area contributed by atoms with Gasteiger partial charge in [0.05, 0.1) is 27.9 Å². The zero-order valence-electron chi connectivity index (χ0n) is 13.5. The van der Waals surface area contributed by atoms with E-state index in [4.69, 9.17) is 0 Å². The molecule has 124 valence electrons. The van der Waals surface area contributed by atoms with Crippen LogP contribution in [0.3, 0.4) is 0 Å². The summed E-state index contributed by atoms with van der Waals surface area (Å²) in [4.78, 5) is 4.59. The summed E-state index contributed by atoms with van der Waals surface area (Å²) in [5.41, 5.74) is 4.69. The second-order valence-corrected chi connectivity index (χ2v) is 7.98. The van der Waals surface area contributed by atoms with Crippen LogP contribution in [0.1, 0.15) is 24.0 Å². The summed E-state index contributed by atoms with van der Waals surface area (Å²) in [6.07, 6.45) is 6.02. The fourth-order valence-corrected chi connectivity index (χ4v) is 4.39. The van der Waals surface area contributed by atoms with E-state index in [-0.39, 0.29) is 0 Å². The summed E-state index contributed by atoms with van der Waals surface area (Å²) in [6.45, 7) is 0. The lowest BCUT2D eigenvalue weighted by Gasteiger charge is -2.17. The first-order valence-corrected chi connectivity index (χ1v) is 9.57. The number of benzene rings is 2. The van der Waals surface area contributed by atoms with Crippen LogP contribution in [-0.4, -0.2) is 18.0 Å². The first-order valence-electron chi connectivity index (χ1n) is 8.09. The number of fused-ring (bicyclic) bond motifs is 2. The van der Waals surface area contributed by atoms with Crippen LogP contribution in [-0.2, 0) is 29.9 Å². The molecule has 0 unspecified atom stereocenters. The molecule has 0 atom stereocenters. The number of rotatable bonds is 3. The molecule has 0 amide bonds. The Hall–Kier alpha value is -2.34. The number of nitrogens with zero attached hydrogens (tertiary/aromatic N) is 2. The monoisotopic (exact) mass is 341 g/mol. The summed E-state index contributed by atoms with van der Waals surface area (Å²) in [7, 11) is -1.68. The summed E-state index contributed by atoms with van der Waals surface area (Å²) in [5, 5.41) is 0. The molecule has 2 aromatic carbocycles. The minimum atomic E-state index is -3.59. The summed E-state index contributed by atoms with van der Waals surface area (Å²) < 4.78 is 29.9. The number of aryl methyl sites for hydroxylation is 3. The van der Waals surface area contributed by atoms with Crippen molar-refractivity contribution in [3.63, 3.8) is 0 Å². The van der Waals surface area contributed by atoms with Crippen LogP contribution >= 0.6 is 0 Å². The molecule has 0 saturated heterocycles. The SMILES string of the molecule is Cn1cnc2cc(NS(=O)(=O)c3ccc4c(c3)CCCC4)ccc21. The van der Waals surface area contributed by atoms with Crippen molar-refractivity contribution in [3.8, 4) is 0 Å². The topological polar surface area (TPSA) is 64.0 Å². The number of sulfonamides is 1. The maximum Gasteiger partial charge on any atom is 0.261 e. The molecule has 4 rings (SSSR count). The van der Waals surface area contributed by atoms with Gasteiger partial charge >= 0.3 is 0 Å². The van der Waals surface area contributed by atoms with Gasteiger partial charge in [-0.3, -0.25) is 4.72 Å². The van der Waals surface area contributed by atoms with E-state index in [0.717, 1.165) is 35.9 Å². The van der Waals surface area contributed by atoms with Crippen molar-refractivity contribution in [1.82, 2.24) is 9.55 Å². The maximum absolute atomic E-state index is 12.7. The number of hydrogen-bond donors (Lipinski definition) is 1. The molecule has 5 nitrogen and oxygen atoms in total. The van der Waals surface area contributed by atoms with Crippen molar-refractivity contribution in [2.75, 3.05) is 4.72 Å². The lowest BCUT2D eigenvalue weighted by atomic mass is 9.92. The van der Waals surface area contributed by atoms with E-state index >= 15 is 0 Å². The van der Waals surface area contributed by atoms with Crippen LogP contribution in [0, 0.1) is 0 Å². The Morgan fingerprint density at radius 3 is 2.67 bits per heavy atom. The van der Waals surface area contributed by atoms with Gasteiger partial charge in [-0.05, 0) is 67.1 Å². The second kappa shape index (κ2) is 5.63. The van der Waals surface area contributed by atoms with Gasteiger partial charge in [0.25, 0.3) is 10.0 Å². The molecule has 0 saturated carbocycles. The number of hydrogen-bond acceptors (Lipinski definition) is 3. The summed E-state index contributed by atoms with van der Waals surface area (Å²) in [5.74, 6) is 0.